The Morgan fingerprint density at radius 3 is 2.62 bits per heavy atom. The van der Waals surface area contributed by atoms with Gasteiger partial charge in [0.05, 0.1) is 12.2 Å². The summed E-state index contributed by atoms with van der Waals surface area (Å²) in [7, 11) is 1.93. The topological polar surface area (TPSA) is 73.5 Å². The summed E-state index contributed by atoms with van der Waals surface area (Å²) in [6, 6.07) is 14.0. The zero-order valence-electron chi connectivity index (χ0n) is 14.4. The molecule has 7 nitrogen and oxygen atoms in total. The first-order chi connectivity index (χ1) is 12.8. The molecule has 0 amide bonds. The Kier molecular flexibility index (Phi) is 4.53. The van der Waals surface area contributed by atoms with E-state index in [2.05, 4.69) is 25.6 Å². The molecule has 0 atom stereocenters. The number of nitrogens with zero attached hydrogens (tertiary/aromatic N) is 6. The summed E-state index contributed by atoms with van der Waals surface area (Å²) >= 11 is 0. The summed E-state index contributed by atoms with van der Waals surface area (Å²) in [5, 5.41) is 16.3. The Morgan fingerprint density at radius 1 is 1.00 bits per heavy atom. The number of hydrogen-bond acceptors (Lipinski definition) is 5. The van der Waals surface area contributed by atoms with Crippen molar-refractivity contribution in [1.29, 1.82) is 0 Å². The van der Waals surface area contributed by atoms with Crippen molar-refractivity contribution in [3.63, 3.8) is 0 Å². The van der Waals surface area contributed by atoms with Gasteiger partial charge in [-0.2, -0.15) is 5.10 Å². The number of para-hydroxylation sites is 1. The Bertz CT molecular complexity index is 974. The fourth-order valence-electron chi connectivity index (χ4n) is 2.91. The van der Waals surface area contributed by atoms with Gasteiger partial charge < -0.3 is 5.32 Å². The molecule has 1 N–H and O–H groups in total. The maximum absolute atomic E-state index is 4.58. The third-order valence-electron chi connectivity index (χ3n) is 4.11. The van der Waals surface area contributed by atoms with E-state index in [1.807, 2.05) is 65.0 Å². The molecule has 7 heteroatoms. The van der Waals surface area contributed by atoms with E-state index >= 15 is 0 Å². The molecule has 130 valence electrons. The van der Waals surface area contributed by atoms with Crippen LogP contribution in [-0.4, -0.2) is 29.5 Å². The third kappa shape index (κ3) is 3.38. The molecule has 3 aromatic heterocycles. The maximum atomic E-state index is 4.58. The van der Waals surface area contributed by atoms with Gasteiger partial charge in [-0.05, 0) is 24.3 Å². The Morgan fingerprint density at radius 2 is 1.81 bits per heavy atom. The monoisotopic (exact) mass is 345 g/mol. The van der Waals surface area contributed by atoms with Crippen LogP contribution in [0.1, 0.15) is 11.4 Å². The van der Waals surface area contributed by atoms with Gasteiger partial charge >= 0.3 is 0 Å². The number of hydrogen-bond donors (Lipinski definition) is 1. The van der Waals surface area contributed by atoms with E-state index in [4.69, 9.17) is 0 Å². The molecule has 0 saturated carbocycles. The van der Waals surface area contributed by atoms with Crippen molar-refractivity contribution in [2.24, 2.45) is 7.05 Å². The molecule has 0 aliphatic heterocycles. The minimum atomic E-state index is 0.611. The van der Waals surface area contributed by atoms with E-state index in [1.54, 1.807) is 18.7 Å². The lowest BCUT2D eigenvalue weighted by Gasteiger charge is -2.08. The highest BCUT2D eigenvalue weighted by atomic mass is 15.3. The zero-order chi connectivity index (χ0) is 17.8. The van der Waals surface area contributed by atoms with Gasteiger partial charge in [0, 0.05) is 49.0 Å². The number of benzene rings is 1. The first-order valence-corrected chi connectivity index (χ1v) is 8.39. The van der Waals surface area contributed by atoms with Crippen molar-refractivity contribution in [2.45, 2.75) is 13.1 Å². The van der Waals surface area contributed by atoms with Gasteiger partial charge in [0.2, 0.25) is 0 Å². The molecular weight excluding hydrogens is 326 g/mol. The molecule has 0 aliphatic rings. The minimum Gasteiger partial charge on any atom is -0.306 e. The first kappa shape index (κ1) is 16.2. The summed E-state index contributed by atoms with van der Waals surface area (Å²) in [6.07, 6.45) is 7.33. The molecule has 1 aromatic carbocycles. The van der Waals surface area contributed by atoms with Gasteiger partial charge in [0.1, 0.15) is 6.33 Å². The van der Waals surface area contributed by atoms with E-state index in [9.17, 15) is 0 Å². The predicted octanol–water partition coefficient (Wildman–Crippen LogP) is 2.35. The second kappa shape index (κ2) is 7.28. The zero-order valence-corrected chi connectivity index (χ0v) is 14.4. The molecule has 0 aliphatic carbocycles. The van der Waals surface area contributed by atoms with E-state index < -0.39 is 0 Å². The number of nitrogens with one attached hydrogen (secondary N) is 1. The van der Waals surface area contributed by atoms with E-state index in [0.717, 1.165) is 28.3 Å². The van der Waals surface area contributed by atoms with Crippen LogP contribution < -0.4 is 5.32 Å². The second-order valence-electron chi connectivity index (χ2n) is 5.97. The molecule has 0 bridgehead atoms. The first-order valence-electron chi connectivity index (χ1n) is 8.39. The molecule has 0 fully saturated rings. The van der Waals surface area contributed by atoms with E-state index in [-0.39, 0.29) is 0 Å². The summed E-state index contributed by atoms with van der Waals surface area (Å²) in [6.45, 7) is 1.30. The third-order valence-corrected chi connectivity index (χ3v) is 4.11. The van der Waals surface area contributed by atoms with Crippen molar-refractivity contribution in [3.05, 3.63) is 78.8 Å². The molecule has 0 spiro atoms. The average Bonchev–Trinajstić information content (AvgIpc) is 3.30. The summed E-state index contributed by atoms with van der Waals surface area (Å²) in [4.78, 5) is 4.07. The van der Waals surface area contributed by atoms with Crippen LogP contribution in [-0.2, 0) is 20.1 Å². The summed E-state index contributed by atoms with van der Waals surface area (Å²) in [5.41, 5.74) is 4.20. The molecule has 0 saturated heterocycles. The second-order valence-corrected chi connectivity index (χ2v) is 5.97. The highest BCUT2D eigenvalue weighted by molar-refractivity contribution is 5.61. The number of rotatable bonds is 6. The van der Waals surface area contributed by atoms with Crippen LogP contribution in [0.4, 0.5) is 0 Å². The van der Waals surface area contributed by atoms with Gasteiger partial charge in [-0.25, -0.2) is 0 Å². The Hall–Kier alpha value is -3.32. The van der Waals surface area contributed by atoms with Gasteiger partial charge in [-0.3, -0.25) is 14.2 Å². The van der Waals surface area contributed by atoms with Gasteiger partial charge in [0.25, 0.3) is 0 Å². The molecule has 0 unspecified atom stereocenters. The standard InChI is InChI=1S/C19H19N7/c1-25-13-16(19(24-25)15-7-9-20-10-8-15)11-21-12-18-23-22-14-26(18)17-5-3-2-4-6-17/h2-10,13-14,21H,11-12H2,1H3. The molecule has 0 radical (unpaired) electrons. The van der Waals surface area contributed by atoms with Crippen molar-refractivity contribution in [1.82, 2.24) is 34.8 Å². The lowest BCUT2D eigenvalue weighted by Crippen LogP contribution is -2.16. The number of aryl methyl sites for hydroxylation is 1. The van der Waals surface area contributed by atoms with Crippen LogP contribution in [0.3, 0.4) is 0 Å². The lowest BCUT2D eigenvalue weighted by molar-refractivity contribution is 0.651. The number of aromatic nitrogens is 6. The van der Waals surface area contributed by atoms with Gasteiger partial charge in [-0.1, -0.05) is 18.2 Å². The van der Waals surface area contributed by atoms with Crippen molar-refractivity contribution in [3.8, 4) is 16.9 Å². The van der Waals surface area contributed by atoms with E-state index in [1.165, 1.54) is 0 Å². The van der Waals surface area contributed by atoms with Crippen LogP contribution in [0.2, 0.25) is 0 Å². The van der Waals surface area contributed by atoms with E-state index in [0.29, 0.717) is 13.1 Å². The molecule has 26 heavy (non-hydrogen) atoms. The SMILES string of the molecule is Cn1cc(CNCc2nncn2-c2ccccc2)c(-c2ccncc2)n1. The van der Waals surface area contributed by atoms with Crippen molar-refractivity contribution in [2.75, 3.05) is 0 Å². The highest BCUT2D eigenvalue weighted by Crippen LogP contribution is 2.21. The fraction of sp³-hybridized carbons (Fsp3) is 0.158. The summed E-state index contributed by atoms with van der Waals surface area (Å²) < 4.78 is 3.82. The van der Waals surface area contributed by atoms with Gasteiger partial charge in [0.15, 0.2) is 5.82 Å². The van der Waals surface area contributed by atoms with Crippen molar-refractivity contribution >= 4 is 0 Å². The number of pyridine rings is 1. The predicted molar refractivity (Wildman–Crippen MR) is 98.3 cm³/mol. The van der Waals surface area contributed by atoms with Crippen LogP contribution in [0, 0.1) is 0 Å². The molecule has 4 aromatic rings. The van der Waals surface area contributed by atoms with Crippen LogP contribution in [0.5, 0.6) is 0 Å². The Balaban J connectivity index is 1.48. The Labute approximate surface area is 151 Å². The van der Waals surface area contributed by atoms with Crippen LogP contribution in [0.15, 0.2) is 67.4 Å². The fourth-order valence-corrected chi connectivity index (χ4v) is 2.91. The smallest absolute Gasteiger partial charge is 0.151 e. The average molecular weight is 345 g/mol. The largest absolute Gasteiger partial charge is 0.306 e. The minimum absolute atomic E-state index is 0.611. The maximum Gasteiger partial charge on any atom is 0.151 e. The normalized spacial score (nSPS) is 11.0. The van der Waals surface area contributed by atoms with Gasteiger partial charge in [-0.15, -0.1) is 10.2 Å². The van der Waals surface area contributed by atoms with Crippen LogP contribution in [0.25, 0.3) is 16.9 Å². The highest BCUT2D eigenvalue weighted by Gasteiger charge is 2.11. The van der Waals surface area contributed by atoms with Crippen LogP contribution >= 0.6 is 0 Å². The lowest BCUT2D eigenvalue weighted by atomic mass is 10.1. The molecular formula is C19H19N7. The van der Waals surface area contributed by atoms with Crippen molar-refractivity contribution < 1.29 is 0 Å². The molecule has 3 heterocycles. The summed E-state index contributed by atoms with van der Waals surface area (Å²) in [5.74, 6) is 0.866. The quantitative estimate of drug-likeness (QED) is 0.581. The molecule has 4 rings (SSSR count).